The van der Waals surface area contributed by atoms with E-state index in [9.17, 15) is 9.90 Å². The van der Waals surface area contributed by atoms with Gasteiger partial charge in [0.05, 0.1) is 5.69 Å². The standard InChI is InChI=1S/C14H19N3O2S/c1-14(2)4-3-5-16(11(14)12(18)19)8-10-9-17-6-7-20-13(17)15-10/h6-7,9,11H,3-5,8H2,1-2H3,(H,18,19). The topological polar surface area (TPSA) is 57.8 Å². The van der Waals surface area contributed by atoms with Gasteiger partial charge in [-0.25, -0.2) is 4.98 Å². The van der Waals surface area contributed by atoms with Gasteiger partial charge in [-0.05, 0) is 24.8 Å². The van der Waals surface area contributed by atoms with Crippen LogP contribution in [0.1, 0.15) is 32.4 Å². The van der Waals surface area contributed by atoms with E-state index in [0.29, 0.717) is 6.54 Å². The Morgan fingerprint density at radius 1 is 1.60 bits per heavy atom. The second kappa shape index (κ2) is 4.86. The van der Waals surface area contributed by atoms with E-state index in [1.54, 1.807) is 11.3 Å². The van der Waals surface area contributed by atoms with Gasteiger partial charge in [-0.1, -0.05) is 13.8 Å². The number of likely N-dealkylation sites (tertiary alicyclic amines) is 1. The molecule has 0 amide bonds. The zero-order valence-corrected chi connectivity index (χ0v) is 12.6. The maximum Gasteiger partial charge on any atom is 0.321 e. The average molecular weight is 293 g/mol. The summed E-state index contributed by atoms with van der Waals surface area (Å²) in [4.78, 5) is 19.2. The summed E-state index contributed by atoms with van der Waals surface area (Å²) in [7, 11) is 0. The Kier molecular flexibility index (Phi) is 3.30. The quantitative estimate of drug-likeness (QED) is 0.944. The molecule has 1 aliphatic heterocycles. The van der Waals surface area contributed by atoms with Crippen LogP contribution in [-0.2, 0) is 11.3 Å². The van der Waals surface area contributed by atoms with E-state index in [0.717, 1.165) is 30.0 Å². The molecule has 2 aromatic heterocycles. The lowest BCUT2D eigenvalue weighted by Crippen LogP contribution is -2.53. The highest BCUT2D eigenvalue weighted by Gasteiger charge is 2.42. The minimum atomic E-state index is -0.726. The lowest BCUT2D eigenvalue weighted by Gasteiger charge is -2.43. The van der Waals surface area contributed by atoms with Crippen molar-refractivity contribution in [1.82, 2.24) is 14.3 Å². The third-order valence-corrected chi connectivity index (χ3v) is 4.88. The zero-order valence-electron chi connectivity index (χ0n) is 11.7. The fourth-order valence-corrected chi connectivity index (χ4v) is 3.94. The Balaban J connectivity index is 1.84. The summed E-state index contributed by atoms with van der Waals surface area (Å²) in [6.07, 6.45) is 5.97. The molecule has 2 aromatic rings. The van der Waals surface area contributed by atoms with Gasteiger partial charge in [0.25, 0.3) is 0 Å². The molecule has 5 nitrogen and oxygen atoms in total. The normalized spacial score (nSPS) is 23.2. The van der Waals surface area contributed by atoms with Crippen molar-refractivity contribution in [2.45, 2.75) is 39.3 Å². The van der Waals surface area contributed by atoms with Crippen molar-refractivity contribution >= 4 is 22.3 Å². The number of hydrogen-bond donors (Lipinski definition) is 1. The van der Waals surface area contributed by atoms with Gasteiger partial charge in [-0.3, -0.25) is 14.1 Å². The first kappa shape index (κ1) is 13.6. The van der Waals surface area contributed by atoms with Crippen molar-refractivity contribution in [3.63, 3.8) is 0 Å². The van der Waals surface area contributed by atoms with Crippen molar-refractivity contribution in [3.05, 3.63) is 23.5 Å². The largest absolute Gasteiger partial charge is 0.480 e. The van der Waals surface area contributed by atoms with E-state index in [1.165, 1.54) is 0 Å². The minimum Gasteiger partial charge on any atom is -0.480 e. The van der Waals surface area contributed by atoms with Crippen LogP contribution in [0.15, 0.2) is 17.8 Å². The summed E-state index contributed by atoms with van der Waals surface area (Å²) >= 11 is 1.59. The molecule has 1 aliphatic rings. The fourth-order valence-electron chi connectivity index (χ4n) is 3.22. The van der Waals surface area contributed by atoms with Gasteiger partial charge in [0.2, 0.25) is 0 Å². The number of carbonyl (C=O) groups is 1. The molecule has 0 aliphatic carbocycles. The van der Waals surface area contributed by atoms with E-state index < -0.39 is 12.0 Å². The number of fused-ring (bicyclic) bond motifs is 1. The molecule has 0 saturated carbocycles. The zero-order chi connectivity index (χ0) is 14.3. The second-order valence-electron chi connectivity index (χ2n) is 6.13. The van der Waals surface area contributed by atoms with Gasteiger partial charge in [0.1, 0.15) is 6.04 Å². The highest BCUT2D eigenvalue weighted by atomic mass is 32.1. The number of carboxylic acids is 1. The Bertz CT molecular complexity index is 603. The predicted octanol–water partition coefficient (Wildman–Crippen LogP) is 2.47. The maximum atomic E-state index is 11.6. The van der Waals surface area contributed by atoms with E-state index in [-0.39, 0.29) is 5.41 Å². The molecule has 20 heavy (non-hydrogen) atoms. The molecule has 0 aromatic carbocycles. The van der Waals surface area contributed by atoms with Crippen LogP contribution >= 0.6 is 11.3 Å². The van der Waals surface area contributed by atoms with E-state index in [1.807, 2.05) is 36.0 Å². The molecule has 1 atom stereocenters. The molecule has 1 saturated heterocycles. The fraction of sp³-hybridized carbons (Fsp3) is 0.571. The molecule has 108 valence electrons. The highest BCUT2D eigenvalue weighted by Crippen LogP contribution is 2.36. The smallest absolute Gasteiger partial charge is 0.321 e. The molecule has 1 fully saturated rings. The van der Waals surface area contributed by atoms with Gasteiger partial charge in [0, 0.05) is 24.3 Å². The Labute approximate surface area is 121 Å². The van der Waals surface area contributed by atoms with Crippen LogP contribution < -0.4 is 0 Å². The summed E-state index contributed by atoms with van der Waals surface area (Å²) in [6.45, 7) is 5.52. The number of aliphatic carboxylic acids is 1. The number of nitrogens with zero attached hydrogens (tertiary/aromatic N) is 3. The molecule has 1 N–H and O–H groups in total. The van der Waals surface area contributed by atoms with Gasteiger partial charge < -0.3 is 5.11 Å². The summed E-state index contributed by atoms with van der Waals surface area (Å²) in [5.41, 5.74) is 0.752. The molecule has 3 heterocycles. The van der Waals surface area contributed by atoms with Crippen molar-refractivity contribution in [2.75, 3.05) is 6.54 Å². The number of aromatic nitrogens is 2. The summed E-state index contributed by atoms with van der Waals surface area (Å²) in [6, 6.07) is -0.434. The van der Waals surface area contributed by atoms with Crippen LogP contribution in [0.5, 0.6) is 0 Å². The lowest BCUT2D eigenvalue weighted by atomic mass is 9.76. The first-order valence-electron chi connectivity index (χ1n) is 6.85. The first-order chi connectivity index (χ1) is 9.47. The third kappa shape index (κ3) is 2.33. The van der Waals surface area contributed by atoms with Crippen LogP contribution in [0.25, 0.3) is 4.96 Å². The van der Waals surface area contributed by atoms with Gasteiger partial charge in [-0.2, -0.15) is 0 Å². The number of carboxylic acid groups (broad SMARTS) is 1. The first-order valence-corrected chi connectivity index (χ1v) is 7.73. The number of rotatable bonds is 3. The van der Waals surface area contributed by atoms with Crippen LogP contribution in [0.2, 0.25) is 0 Å². The van der Waals surface area contributed by atoms with Crippen LogP contribution in [0.4, 0.5) is 0 Å². The Morgan fingerprint density at radius 2 is 2.40 bits per heavy atom. The number of hydrogen-bond acceptors (Lipinski definition) is 4. The SMILES string of the molecule is CC1(C)CCCN(Cc2cn3ccsc3n2)C1C(=O)O. The number of thiazole rings is 1. The highest BCUT2D eigenvalue weighted by molar-refractivity contribution is 7.15. The van der Waals surface area contributed by atoms with Gasteiger partial charge in [-0.15, -0.1) is 11.3 Å². The monoisotopic (exact) mass is 293 g/mol. The Hall–Kier alpha value is -1.40. The van der Waals surface area contributed by atoms with Gasteiger partial charge >= 0.3 is 5.97 Å². The van der Waals surface area contributed by atoms with Crippen molar-refractivity contribution < 1.29 is 9.90 Å². The molecule has 6 heteroatoms. The molecular formula is C14H19N3O2S. The van der Waals surface area contributed by atoms with Crippen molar-refractivity contribution in [2.24, 2.45) is 5.41 Å². The molecule has 3 rings (SSSR count). The summed E-state index contributed by atoms with van der Waals surface area (Å²) in [5.74, 6) is -0.726. The lowest BCUT2D eigenvalue weighted by molar-refractivity contribution is -0.151. The predicted molar refractivity (Wildman–Crippen MR) is 77.9 cm³/mol. The van der Waals surface area contributed by atoms with E-state index >= 15 is 0 Å². The molecule has 0 spiro atoms. The molecular weight excluding hydrogens is 274 g/mol. The van der Waals surface area contributed by atoms with Crippen LogP contribution in [0.3, 0.4) is 0 Å². The van der Waals surface area contributed by atoms with Crippen LogP contribution in [0, 0.1) is 5.41 Å². The molecule has 0 bridgehead atoms. The third-order valence-electron chi connectivity index (χ3n) is 4.11. The summed E-state index contributed by atoms with van der Waals surface area (Å²) in [5, 5.41) is 11.6. The molecule has 0 radical (unpaired) electrons. The maximum absolute atomic E-state index is 11.6. The number of imidazole rings is 1. The number of piperidine rings is 1. The van der Waals surface area contributed by atoms with Crippen molar-refractivity contribution in [3.8, 4) is 0 Å². The van der Waals surface area contributed by atoms with Crippen molar-refractivity contribution in [1.29, 1.82) is 0 Å². The Morgan fingerprint density at radius 3 is 3.10 bits per heavy atom. The minimum absolute atomic E-state index is 0.193. The summed E-state index contributed by atoms with van der Waals surface area (Å²) < 4.78 is 1.99. The molecule has 1 unspecified atom stereocenters. The van der Waals surface area contributed by atoms with Gasteiger partial charge in [0.15, 0.2) is 4.96 Å². The van der Waals surface area contributed by atoms with Crippen LogP contribution in [-0.4, -0.2) is 37.9 Å². The average Bonchev–Trinajstić information content (AvgIpc) is 2.87. The van der Waals surface area contributed by atoms with E-state index in [4.69, 9.17) is 0 Å². The second-order valence-corrected chi connectivity index (χ2v) is 7.00. The van der Waals surface area contributed by atoms with E-state index in [2.05, 4.69) is 9.88 Å².